The third kappa shape index (κ3) is 4.12. The lowest BCUT2D eigenvalue weighted by Gasteiger charge is -2.24. The standard InChI is InChI=1S/C31H25N3OS/c1-2-18-34(20-21-10-4-3-5-11-21)31(36)35-22-16-17-27-28(19-22)33-30-26-15-9-7-13-24(26)23-12-6-8-14-25(23)29(30)32-27/h3-17,19H,2,18,20H2,1H3. The highest BCUT2D eigenvalue weighted by Crippen LogP contribution is 2.34. The number of ether oxygens (including phenoxy) is 1. The van der Waals surface area contributed by atoms with E-state index in [2.05, 4.69) is 72.5 Å². The van der Waals surface area contributed by atoms with Crippen molar-refractivity contribution >= 4 is 61.0 Å². The largest absolute Gasteiger partial charge is 0.432 e. The van der Waals surface area contributed by atoms with Crippen LogP contribution in [-0.4, -0.2) is 26.6 Å². The van der Waals surface area contributed by atoms with E-state index in [0.717, 1.165) is 45.8 Å². The van der Waals surface area contributed by atoms with Gasteiger partial charge in [-0.2, -0.15) is 0 Å². The fourth-order valence-electron chi connectivity index (χ4n) is 4.80. The highest BCUT2D eigenvalue weighted by Gasteiger charge is 2.15. The van der Waals surface area contributed by atoms with Crippen LogP contribution in [0.15, 0.2) is 97.1 Å². The van der Waals surface area contributed by atoms with Gasteiger partial charge in [0.05, 0.1) is 22.1 Å². The normalized spacial score (nSPS) is 11.4. The lowest BCUT2D eigenvalue weighted by molar-refractivity contribution is 0.345. The molecule has 5 heteroatoms. The molecule has 0 spiro atoms. The van der Waals surface area contributed by atoms with Gasteiger partial charge in [-0.05, 0) is 47.1 Å². The average Bonchev–Trinajstić information content (AvgIpc) is 2.92. The molecule has 0 unspecified atom stereocenters. The van der Waals surface area contributed by atoms with Crippen molar-refractivity contribution in [3.8, 4) is 5.75 Å². The van der Waals surface area contributed by atoms with Gasteiger partial charge >= 0.3 is 0 Å². The van der Waals surface area contributed by atoms with E-state index in [4.69, 9.17) is 26.9 Å². The molecule has 0 aliphatic carbocycles. The van der Waals surface area contributed by atoms with Crippen molar-refractivity contribution in [1.82, 2.24) is 14.9 Å². The molecule has 0 N–H and O–H groups in total. The first-order valence-electron chi connectivity index (χ1n) is 12.2. The predicted molar refractivity (Wildman–Crippen MR) is 152 cm³/mol. The molecule has 1 aromatic heterocycles. The number of aromatic nitrogens is 2. The second-order valence-corrected chi connectivity index (χ2v) is 9.29. The quantitative estimate of drug-likeness (QED) is 0.142. The molecule has 0 saturated carbocycles. The Balaban J connectivity index is 1.40. The number of hydrogen-bond acceptors (Lipinski definition) is 4. The third-order valence-electron chi connectivity index (χ3n) is 6.46. The van der Waals surface area contributed by atoms with Crippen molar-refractivity contribution in [3.05, 3.63) is 103 Å². The van der Waals surface area contributed by atoms with Gasteiger partial charge in [-0.25, -0.2) is 9.97 Å². The van der Waals surface area contributed by atoms with E-state index in [1.807, 2.05) is 36.4 Å². The predicted octanol–water partition coefficient (Wildman–Crippen LogP) is 7.67. The van der Waals surface area contributed by atoms with Crippen LogP contribution in [-0.2, 0) is 6.54 Å². The Labute approximate surface area is 215 Å². The van der Waals surface area contributed by atoms with Crippen LogP contribution in [0.25, 0.3) is 43.6 Å². The summed E-state index contributed by atoms with van der Waals surface area (Å²) in [5.41, 5.74) is 4.63. The molecule has 1 heterocycles. The summed E-state index contributed by atoms with van der Waals surface area (Å²) in [5.74, 6) is 0.667. The first kappa shape index (κ1) is 22.4. The Morgan fingerprint density at radius 2 is 1.31 bits per heavy atom. The Kier molecular flexibility index (Phi) is 5.91. The van der Waals surface area contributed by atoms with Gasteiger partial charge in [-0.3, -0.25) is 0 Å². The zero-order valence-corrected chi connectivity index (χ0v) is 20.8. The molecule has 36 heavy (non-hydrogen) atoms. The van der Waals surface area contributed by atoms with Gasteiger partial charge in [0.25, 0.3) is 5.17 Å². The number of fused-ring (bicyclic) bond motifs is 7. The van der Waals surface area contributed by atoms with Crippen molar-refractivity contribution in [2.24, 2.45) is 0 Å². The zero-order chi connectivity index (χ0) is 24.5. The summed E-state index contributed by atoms with van der Waals surface area (Å²) in [6.45, 7) is 3.68. The van der Waals surface area contributed by atoms with Crippen LogP contribution in [0.1, 0.15) is 18.9 Å². The molecule has 0 saturated heterocycles. The number of hydrogen-bond donors (Lipinski definition) is 0. The fourth-order valence-corrected chi connectivity index (χ4v) is 5.05. The molecule has 0 atom stereocenters. The Hall–Kier alpha value is -4.09. The molecular formula is C31H25N3OS. The summed E-state index contributed by atoms with van der Waals surface area (Å²) in [6.07, 6.45) is 0.979. The summed E-state index contributed by atoms with van der Waals surface area (Å²) in [5, 5.41) is 5.04. The second kappa shape index (κ2) is 9.51. The summed E-state index contributed by atoms with van der Waals surface area (Å²) < 4.78 is 6.17. The Morgan fingerprint density at radius 1 is 0.722 bits per heavy atom. The van der Waals surface area contributed by atoms with Crippen LogP contribution in [0.2, 0.25) is 0 Å². The van der Waals surface area contributed by atoms with Gasteiger partial charge in [-0.15, -0.1) is 0 Å². The van der Waals surface area contributed by atoms with E-state index in [-0.39, 0.29) is 0 Å². The molecular weight excluding hydrogens is 462 g/mol. The van der Waals surface area contributed by atoms with Crippen LogP contribution in [0, 0.1) is 0 Å². The smallest absolute Gasteiger partial charge is 0.265 e. The molecule has 6 rings (SSSR count). The van der Waals surface area contributed by atoms with Crippen LogP contribution in [0.4, 0.5) is 0 Å². The molecule has 5 aromatic carbocycles. The monoisotopic (exact) mass is 487 g/mol. The summed E-state index contributed by atoms with van der Waals surface area (Å²) in [6, 6.07) is 32.9. The lowest BCUT2D eigenvalue weighted by Crippen LogP contribution is -2.33. The molecule has 0 aliphatic heterocycles. The number of nitrogens with zero attached hydrogens (tertiary/aromatic N) is 3. The van der Waals surface area contributed by atoms with Crippen molar-refractivity contribution in [3.63, 3.8) is 0 Å². The number of rotatable bonds is 5. The molecule has 0 fully saturated rings. The van der Waals surface area contributed by atoms with Crippen molar-refractivity contribution < 1.29 is 4.74 Å². The Morgan fingerprint density at radius 3 is 1.94 bits per heavy atom. The topological polar surface area (TPSA) is 38.2 Å². The van der Waals surface area contributed by atoms with Crippen molar-refractivity contribution in [2.75, 3.05) is 6.54 Å². The molecule has 4 nitrogen and oxygen atoms in total. The van der Waals surface area contributed by atoms with Crippen LogP contribution >= 0.6 is 12.2 Å². The van der Waals surface area contributed by atoms with Gasteiger partial charge in [0.2, 0.25) is 0 Å². The van der Waals surface area contributed by atoms with E-state index >= 15 is 0 Å². The van der Waals surface area contributed by atoms with Gasteiger partial charge < -0.3 is 9.64 Å². The van der Waals surface area contributed by atoms with E-state index in [0.29, 0.717) is 17.5 Å². The zero-order valence-electron chi connectivity index (χ0n) is 20.0. The molecule has 0 radical (unpaired) electrons. The van der Waals surface area contributed by atoms with E-state index < -0.39 is 0 Å². The van der Waals surface area contributed by atoms with Gasteiger partial charge in [0.15, 0.2) is 0 Å². The second-order valence-electron chi connectivity index (χ2n) is 8.94. The minimum atomic E-state index is 0.463. The fraction of sp³-hybridized carbons (Fsp3) is 0.129. The summed E-state index contributed by atoms with van der Waals surface area (Å²) >= 11 is 5.71. The Bertz CT molecular complexity index is 1730. The highest BCUT2D eigenvalue weighted by atomic mass is 32.1. The van der Waals surface area contributed by atoms with Crippen molar-refractivity contribution in [1.29, 1.82) is 0 Å². The first-order valence-corrected chi connectivity index (χ1v) is 12.6. The molecule has 6 aromatic rings. The van der Waals surface area contributed by atoms with Crippen molar-refractivity contribution in [2.45, 2.75) is 19.9 Å². The minimum Gasteiger partial charge on any atom is -0.432 e. The maximum Gasteiger partial charge on any atom is 0.265 e. The maximum atomic E-state index is 6.17. The SMILES string of the molecule is CCCN(Cc1ccccc1)C(=S)Oc1ccc2nc3c4ccccc4c4ccccc4c3nc2c1. The maximum absolute atomic E-state index is 6.17. The first-order chi connectivity index (χ1) is 17.7. The van der Waals surface area contributed by atoms with E-state index in [1.165, 1.54) is 16.3 Å². The van der Waals surface area contributed by atoms with Crippen LogP contribution in [0.5, 0.6) is 5.75 Å². The van der Waals surface area contributed by atoms with E-state index in [1.54, 1.807) is 0 Å². The van der Waals surface area contributed by atoms with Gasteiger partial charge in [0.1, 0.15) is 5.75 Å². The molecule has 0 aliphatic rings. The summed E-state index contributed by atoms with van der Waals surface area (Å²) in [4.78, 5) is 12.2. The average molecular weight is 488 g/mol. The number of thiocarbonyl (C=S) groups is 1. The van der Waals surface area contributed by atoms with Crippen LogP contribution < -0.4 is 4.74 Å². The highest BCUT2D eigenvalue weighted by molar-refractivity contribution is 7.80. The van der Waals surface area contributed by atoms with Gasteiger partial charge in [-0.1, -0.05) is 85.8 Å². The third-order valence-corrected chi connectivity index (χ3v) is 6.80. The lowest BCUT2D eigenvalue weighted by atomic mass is 9.99. The summed E-state index contributed by atoms with van der Waals surface area (Å²) in [7, 11) is 0. The molecule has 176 valence electrons. The minimum absolute atomic E-state index is 0.463. The number of benzene rings is 5. The van der Waals surface area contributed by atoms with Crippen LogP contribution in [0.3, 0.4) is 0 Å². The molecule has 0 bridgehead atoms. The molecule has 0 amide bonds. The van der Waals surface area contributed by atoms with Gasteiger partial charge in [0, 0.05) is 29.9 Å². The van der Waals surface area contributed by atoms with E-state index in [9.17, 15) is 0 Å².